The fourth-order valence-corrected chi connectivity index (χ4v) is 8.37. The highest BCUT2D eigenvalue weighted by Gasteiger charge is 2.59. The van der Waals surface area contributed by atoms with Crippen LogP contribution in [0.15, 0.2) is 35.5 Å². The van der Waals surface area contributed by atoms with Crippen LogP contribution >= 0.6 is 0 Å². The third kappa shape index (κ3) is 4.33. The summed E-state index contributed by atoms with van der Waals surface area (Å²) in [5.41, 5.74) is -0.793. The van der Waals surface area contributed by atoms with Crippen molar-refractivity contribution in [3.8, 4) is 5.75 Å². The van der Waals surface area contributed by atoms with E-state index in [0.717, 1.165) is 0 Å². The minimum absolute atomic E-state index is 0.000772. The number of rotatable bonds is 6. The van der Waals surface area contributed by atoms with E-state index < -0.39 is 44.4 Å². The molecule has 0 aliphatic carbocycles. The minimum Gasteiger partial charge on any atom is -0.465 e. The Bertz CT molecular complexity index is 1210. The van der Waals surface area contributed by atoms with Gasteiger partial charge in [0.2, 0.25) is 6.86 Å². The van der Waals surface area contributed by atoms with Crippen molar-refractivity contribution in [3.05, 3.63) is 47.7 Å². The maximum Gasteiger partial charge on any atom is 0.410 e. The first-order valence-electron chi connectivity index (χ1n) is 11.0. The van der Waals surface area contributed by atoms with Crippen molar-refractivity contribution in [1.82, 2.24) is 20.0 Å². The summed E-state index contributed by atoms with van der Waals surface area (Å²) in [4.78, 5) is 24.7. The van der Waals surface area contributed by atoms with E-state index in [-0.39, 0.29) is 18.1 Å². The largest absolute Gasteiger partial charge is 0.465 e. The number of aromatic nitrogens is 2. The average Bonchev–Trinajstić information content (AvgIpc) is 3.23. The Kier molecular flexibility index (Phi) is 6.49. The fourth-order valence-electron chi connectivity index (χ4n) is 4.72. The molecule has 10 nitrogen and oxygen atoms in total. The molecule has 4 rings (SSSR count). The number of fused-ring (bicyclic) bond motifs is 1. The van der Waals surface area contributed by atoms with Gasteiger partial charge in [-0.15, -0.1) is 0 Å². The first-order valence-corrected chi connectivity index (χ1v) is 12.8. The number of alkyl halides is 1. The zero-order chi connectivity index (χ0) is 25.4. The van der Waals surface area contributed by atoms with Gasteiger partial charge in [-0.2, -0.15) is 0 Å². The summed E-state index contributed by atoms with van der Waals surface area (Å²) in [6.07, 6.45) is 0.515. The summed E-state index contributed by atoms with van der Waals surface area (Å²) in [6, 6.07) is 5.94. The Morgan fingerprint density at radius 1 is 1.31 bits per heavy atom. The lowest BCUT2D eigenvalue weighted by molar-refractivity contribution is 0.191. The number of amides is 1. The van der Waals surface area contributed by atoms with E-state index in [1.165, 1.54) is 18.3 Å². The van der Waals surface area contributed by atoms with Gasteiger partial charge in [-0.25, -0.2) is 18.6 Å². The lowest BCUT2D eigenvalue weighted by Gasteiger charge is -2.50. The molecular weight excluding hydrogens is 482 g/mol. The van der Waals surface area contributed by atoms with E-state index in [2.05, 4.69) is 30.3 Å². The van der Waals surface area contributed by atoms with Gasteiger partial charge in [0, 0.05) is 6.54 Å². The Morgan fingerprint density at radius 3 is 2.74 bits per heavy atom. The number of hydrogen-bond donors (Lipinski definition) is 5. The molecule has 0 aromatic carbocycles. The predicted octanol–water partition coefficient (Wildman–Crippen LogP) is 2.50. The Labute approximate surface area is 202 Å². The summed E-state index contributed by atoms with van der Waals surface area (Å²) < 4.78 is 48.4. The normalized spacial score (nSPS) is 25.2. The second kappa shape index (κ2) is 9.11. The summed E-state index contributed by atoms with van der Waals surface area (Å²) in [6.45, 7) is 4.71. The van der Waals surface area contributed by atoms with Gasteiger partial charge in [0.15, 0.2) is 0 Å². The predicted molar refractivity (Wildman–Crippen MR) is 128 cm³/mol. The molecule has 0 radical (unpaired) electrons. The molecule has 2 atom stereocenters. The van der Waals surface area contributed by atoms with Crippen LogP contribution in [0.5, 0.6) is 5.75 Å². The van der Waals surface area contributed by atoms with Crippen molar-refractivity contribution in [3.63, 3.8) is 0 Å². The van der Waals surface area contributed by atoms with Gasteiger partial charge in [0.25, 0.3) is 0 Å². The van der Waals surface area contributed by atoms with Gasteiger partial charge >= 0.3 is 6.09 Å². The van der Waals surface area contributed by atoms with E-state index in [4.69, 9.17) is 4.74 Å². The highest BCUT2D eigenvalue weighted by atomic mass is 32.3. The van der Waals surface area contributed by atoms with E-state index in [9.17, 15) is 18.5 Å². The van der Waals surface area contributed by atoms with Crippen molar-refractivity contribution < 1.29 is 27.6 Å². The maximum atomic E-state index is 15.2. The maximum absolute atomic E-state index is 15.2. The lowest BCUT2D eigenvalue weighted by atomic mass is 9.89. The van der Waals surface area contributed by atoms with Crippen LogP contribution in [0.2, 0.25) is 0 Å². The Morgan fingerprint density at radius 2 is 2.09 bits per heavy atom. The number of carbonyl (C=O) groups is 1. The molecule has 2 aliphatic heterocycles. The Hall–Kier alpha value is -3.19. The van der Waals surface area contributed by atoms with Crippen molar-refractivity contribution in [2.75, 3.05) is 18.7 Å². The third-order valence-corrected chi connectivity index (χ3v) is 10.8. The van der Waals surface area contributed by atoms with Crippen LogP contribution in [0, 0.1) is 5.82 Å². The van der Waals surface area contributed by atoms with E-state index in [1.807, 2.05) is 0 Å². The number of thiol groups is 1. The molecule has 35 heavy (non-hydrogen) atoms. The molecule has 1 saturated heterocycles. The second-order valence-corrected chi connectivity index (χ2v) is 12.5. The fraction of sp³-hybridized carbons (Fsp3) is 0.455. The van der Waals surface area contributed by atoms with Crippen molar-refractivity contribution in [2.24, 2.45) is 4.99 Å². The smallest absolute Gasteiger partial charge is 0.410 e. The van der Waals surface area contributed by atoms with Crippen LogP contribution < -0.4 is 20.1 Å². The monoisotopic (exact) mass is 510 g/mol. The molecule has 1 amide bonds. The van der Waals surface area contributed by atoms with Crippen LogP contribution in [-0.4, -0.2) is 54.6 Å². The third-order valence-electron chi connectivity index (χ3n) is 6.63. The summed E-state index contributed by atoms with van der Waals surface area (Å²) in [7, 11) is -3.27. The molecule has 0 bridgehead atoms. The first kappa shape index (κ1) is 24.9. The number of halogens is 2. The standard InChI is InChI=1S/C22H28F2N6O4S/c1-21(2)19(29-20(31)32)30-22(3,16-8-9-27-35(16,21)33)18-15(24)6-7-17(28-18)26-10-13-4-5-14(11-25-13)34-12-23/h4-7,11,16,35H,8-10,12H2,1-3H3,(H,26,28)(H,27,33)(H,29,30)(H,31,32)/t16-,22+/m1/s1. The second-order valence-electron chi connectivity index (χ2n) is 9.09. The molecular formula is C22H28F2N6O4S. The molecule has 4 N–H and O–H groups in total. The number of hydrogen-bond acceptors (Lipinski definition) is 7. The molecule has 13 heteroatoms. The molecule has 2 aromatic rings. The number of nitrogens with one attached hydrogen (secondary N) is 3. The minimum atomic E-state index is -3.27. The molecule has 0 unspecified atom stereocenters. The number of ether oxygens (including phenoxy) is 1. The molecule has 0 spiro atoms. The van der Waals surface area contributed by atoms with Crippen LogP contribution in [0.3, 0.4) is 0 Å². The van der Waals surface area contributed by atoms with E-state index >= 15 is 4.39 Å². The number of aliphatic imine (C=N–C) groups is 1. The lowest BCUT2D eigenvalue weighted by Crippen LogP contribution is -2.66. The van der Waals surface area contributed by atoms with Gasteiger partial charge in [-0.05, 0) is 61.6 Å². The zero-order valence-electron chi connectivity index (χ0n) is 19.5. The first-order chi connectivity index (χ1) is 16.5. The number of amidine groups is 1. The van der Waals surface area contributed by atoms with Crippen LogP contribution in [0.25, 0.3) is 0 Å². The van der Waals surface area contributed by atoms with Gasteiger partial charge in [-0.3, -0.25) is 24.2 Å². The highest BCUT2D eigenvalue weighted by Crippen LogP contribution is 2.48. The molecule has 2 aromatic heterocycles. The summed E-state index contributed by atoms with van der Waals surface area (Å²) >= 11 is 0. The topological polar surface area (TPSA) is 138 Å². The highest BCUT2D eigenvalue weighted by molar-refractivity contribution is 8.04. The van der Waals surface area contributed by atoms with Crippen LogP contribution in [0.1, 0.15) is 38.6 Å². The molecule has 4 heterocycles. The number of anilines is 1. The molecule has 190 valence electrons. The SMILES string of the molecule is CC1(C)C(NC(=O)O)=N[C@](C)(c2nc(NCc3ccc(OCF)cn3)ccc2F)[C@H]2CCN[SH]21=O. The number of carboxylic acid groups (broad SMARTS) is 1. The molecule has 1 fully saturated rings. The van der Waals surface area contributed by atoms with E-state index in [1.54, 1.807) is 32.9 Å². The number of pyridine rings is 2. The quantitative estimate of drug-likeness (QED) is 0.377. The van der Waals surface area contributed by atoms with Crippen molar-refractivity contribution >= 4 is 27.9 Å². The van der Waals surface area contributed by atoms with Gasteiger partial charge in [0.1, 0.15) is 34.5 Å². The molecule has 0 saturated carbocycles. The van der Waals surface area contributed by atoms with Crippen LogP contribution in [-0.2, 0) is 22.2 Å². The zero-order valence-corrected chi connectivity index (χ0v) is 20.4. The molecule has 2 aliphatic rings. The van der Waals surface area contributed by atoms with Gasteiger partial charge < -0.3 is 15.2 Å². The van der Waals surface area contributed by atoms with Gasteiger partial charge in [-0.1, -0.05) is 0 Å². The van der Waals surface area contributed by atoms with Gasteiger partial charge in [0.05, 0.1) is 28.4 Å². The Balaban J connectivity index is 1.69. The van der Waals surface area contributed by atoms with Crippen molar-refractivity contribution in [2.45, 2.75) is 49.3 Å². The summed E-state index contributed by atoms with van der Waals surface area (Å²) in [5.74, 6) is -0.00628. The summed E-state index contributed by atoms with van der Waals surface area (Å²) in [5, 5.41) is 14.1. The van der Waals surface area contributed by atoms with E-state index in [0.29, 0.717) is 30.2 Å². The average molecular weight is 511 g/mol. The van der Waals surface area contributed by atoms with Crippen LogP contribution in [0.4, 0.5) is 19.4 Å². The van der Waals surface area contributed by atoms with Crippen molar-refractivity contribution in [1.29, 1.82) is 0 Å². The number of nitrogens with zero attached hydrogens (tertiary/aromatic N) is 3.